The van der Waals surface area contributed by atoms with Crippen molar-refractivity contribution in [3.63, 3.8) is 0 Å². The van der Waals surface area contributed by atoms with Crippen LogP contribution in [0.3, 0.4) is 0 Å². The van der Waals surface area contributed by atoms with Gasteiger partial charge in [0.05, 0.1) is 10.5 Å². The number of aromatic hydroxyl groups is 1. The summed E-state index contributed by atoms with van der Waals surface area (Å²) in [6.07, 6.45) is 15.0. The Morgan fingerprint density at radius 2 is 1.66 bits per heavy atom. The highest BCUT2D eigenvalue weighted by Crippen LogP contribution is 2.41. The van der Waals surface area contributed by atoms with Crippen LogP contribution in [0.4, 0.5) is 5.69 Å². The molecule has 11 heteroatoms. The van der Waals surface area contributed by atoms with Gasteiger partial charge in [-0.15, -0.1) is 11.8 Å². The lowest BCUT2D eigenvalue weighted by atomic mass is 9.81. The molecule has 0 spiro atoms. The number of anilines is 1. The van der Waals surface area contributed by atoms with Crippen LogP contribution in [0.1, 0.15) is 83.1 Å². The van der Waals surface area contributed by atoms with Gasteiger partial charge in [-0.25, -0.2) is 0 Å². The Kier molecular flexibility index (Phi) is 12.3. The Morgan fingerprint density at radius 1 is 0.936 bits per heavy atom. The third-order valence-corrected chi connectivity index (χ3v) is 11.1. The van der Waals surface area contributed by atoms with Crippen LogP contribution in [0.15, 0.2) is 29.3 Å². The second kappa shape index (κ2) is 16.6. The summed E-state index contributed by atoms with van der Waals surface area (Å²) in [4.78, 5) is 55.8. The highest BCUT2D eigenvalue weighted by atomic mass is 32.2. The number of aryl methyl sites for hydroxylation is 1. The van der Waals surface area contributed by atoms with Crippen LogP contribution in [0, 0.1) is 17.8 Å². The van der Waals surface area contributed by atoms with E-state index in [2.05, 4.69) is 33.7 Å². The molecule has 2 aromatic rings. The largest absolute Gasteiger partial charge is 0.506 e. The number of H-pyrrole nitrogens is 1. The number of nitrogens with one attached hydrogen (secondary N) is 3. The van der Waals surface area contributed by atoms with Crippen molar-refractivity contribution in [2.24, 2.45) is 17.8 Å². The summed E-state index contributed by atoms with van der Waals surface area (Å²) in [5, 5.41) is 19.3. The lowest BCUT2D eigenvalue weighted by Gasteiger charge is -2.34. The van der Waals surface area contributed by atoms with Gasteiger partial charge in [-0.3, -0.25) is 24.1 Å². The van der Waals surface area contributed by atoms with Crippen LogP contribution in [-0.2, 0) is 25.6 Å². The zero-order valence-electron chi connectivity index (χ0n) is 27.9. The molecule has 4 amide bonds. The van der Waals surface area contributed by atoms with Crippen molar-refractivity contribution in [2.45, 2.75) is 89.0 Å². The monoisotopic (exact) mass is 665 g/mol. The van der Waals surface area contributed by atoms with Gasteiger partial charge in [0, 0.05) is 62.6 Å². The molecule has 1 saturated heterocycles. The number of phenols is 1. The number of carbonyl (C=O) groups is 4. The van der Waals surface area contributed by atoms with Crippen LogP contribution >= 0.6 is 11.8 Å². The molecule has 5 rings (SSSR count). The number of imide groups is 1. The maximum atomic E-state index is 12.6. The number of aromatic nitrogens is 1. The van der Waals surface area contributed by atoms with E-state index in [-0.39, 0.29) is 35.5 Å². The minimum absolute atomic E-state index is 0.00456. The lowest BCUT2D eigenvalue weighted by Crippen LogP contribution is -2.38. The zero-order chi connectivity index (χ0) is 33.3. The van der Waals surface area contributed by atoms with Crippen molar-refractivity contribution in [3.05, 3.63) is 29.8 Å². The average Bonchev–Trinajstić information content (AvgIpc) is 3.61. The number of fused-ring (bicyclic) bond motifs is 1. The van der Waals surface area contributed by atoms with Crippen LogP contribution in [0.5, 0.6) is 5.75 Å². The summed E-state index contributed by atoms with van der Waals surface area (Å²) < 4.78 is 0. The average molecular weight is 666 g/mol. The molecule has 1 aromatic carbocycles. The fraction of sp³-hybridized carbons (Fsp3) is 0.611. The van der Waals surface area contributed by atoms with Crippen LogP contribution in [0.2, 0.25) is 0 Å². The first kappa shape index (κ1) is 34.9. The third kappa shape index (κ3) is 8.72. The number of phenolic OH excluding ortho intramolecular Hbond substituents is 1. The Balaban J connectivity index is 0.906. The van der Waals surface area contributed by atoms with Gasteiger partial charge in [0.1, 0.15) is 11.4 Å². The molecule has 10 nitrogen and oxygen atoms in total. The molecule has 1 aromatic heterocycles. The standard InChI is InChI=1S/C36H51N5O5S/c1-3-27-28-12-13-29(42)34(33(28)39-36(27)47-2)40-21-17-24(18-22-40)16-20-37-30(43)7-5-4-6-19-38-35(46)26-10-8-25(9-11-26)23-41-31(44)14-15-32(41)45/h12-15,24-26,39,42H,3-11,16-23H2,1-2H3,(H,37,43)(H,38,46). The predicted molar refractivity (Wildman–Crippen MR) is 186 cm³/mol. The molecule has 0 bridgehead atoms. The maximum absolute atomic E-state index is 12.6. The molecule has 3 heterocycles. The van der Waals surface area contributed by atoms with E-state index in [9.17, 15) is 24.3 Å². The van der Waals surface area contributed by atoms with E-state index in [4.69, 9.17) is 0 Å². The smallest absolute Gasteiger partial charge is 0.253 e. The first-order valence-electron chi connectivity index (χ1n) is 17.5. The van der Waals surface area contributed by atoms with Crippen molar-refractivity contribution in [1.29, 1.82) is 0 Å². The van der Waals surface area contributed by atoms with Gasteiger partial charge >= 0.3 is 0 Å². The normalized spacial score (nSPS) is 20.4. The van der Waals surface area contributed by atoms with Crippen LogP contribution < -0.4 is 15.5 Å². The first-order valence-corrected chi connectivity index (χ1v) is 18.7. The summed E-state index contributed by atoms with van der Waals surface area (Å²) in [5.74, 6) is 0.854. The highest BCUT2D eigenvalue weighted by Gasteiger charge is 2.31. The predicted octanol–water partition coefficient (Wildman–Crippen LogP) is 5.29. The number of rotatable bonds is 15. The number of nitrogens with zero attached hydrogens (tertiary/aromatic N) is 2. The summed E-state index contributed by atoms with van der Waals surface area (Å²) in [6, 6.07) is 3.85. The van der Waals surface area contributed by atoms with Gasteiger partial charge in [-0.2, -0.15) is 0 Å². The SMILES string of the molecule is CCc1c(SC)[nH]c2c(N3CCC(CCNC(=O)CCCCCNC(=O)C4CCC(CN5C(=O)C=CC5=O)CC4)CC3)c(O)ccc12. The molecule has 47 heavy (non-hydrogen) atoms. The molecule has 4 N–H and O–H groups in total. The van der Waals surface area contributed by atoms with E-state index < -0.39 is 0 Å². The topological polar surface area (TPSA) is 135 Å². The fourth-order valence-corrected chi connectivity index (χ4v) is 8.19. The fourth-order valence-electron chi connectivity index (χ4n) is 7.48. The van der Waals surface area contributed by atoms with E-state index in [0.29, 0.717) is 37.7 Å². The molecular weight excluding hydrogens is 614 g/mol. The molecule has 0 unspecified atom stereocenters. The van der Waals surface area contributed by atoms with Crippen molar-refractivity contribution in [2.75, 3.05) is 43.9 Å². The number of benzene rings is 1. The number of hydrogen-bond donors (Lipinski definition) is 4. The van der Waals surface area contributed by atoms with Crippen molar-refractivity contribution >= 4 is 52.0 Å². The Morgan fingerprint density at radius 3 is 2.34 bits per heavy atom. The molecule has 1 aliphatic carbocycles. The van der Waals surface area contributed by atoms with Gasteiger partial charge in [0.25, 0.3) is 11.8 Å². The molecule has 3 aliphatic rings. The summed E-state index contributed by atoms with van der Waals surface area (Å²) in [5.41, 5.74) is 3.25. The molecular formula is C36H51N5O5S. The number of thioether (sulfide) groups is 1. The van der Waals surface area contributed by atoms with Gasteiger partial charge in [0.15, 0.2) is 0 Å². The number of hydrogen-bond acceptors (Lipinski definition) is 7. The summed E-state index contributed by atoms with van der Waals surface area (Å²) in [7, 11) is 0. The Labute approximate surface area is 282 Å². The van der Waals surface area contributed by atoms with Crippen LogP contribution in [0.25, 0.3) is 10.9 Å². The van der Waals surface area contributed by atoms with Crippen LogP contribution in [-0.4, -0.2) is 77.6 Å². The van der Waals surface area contributed by atoms with Crippen molar-refractivity contribution in [1.82, 2.24) is 20.5 Å². The maximum Gasteiger partial charge on any atom is 0.253 e. The van der Waals surface area contributed by atoms with E-state index in [1.807, 2.05) is 12.1 Å². The van der Waals surface area contributed by atoms with Gasteiger partial charge in [-0.05, 0) is 100.0 Å². The minimum Gasteiger partial charge on any atom is -0.506 e. The number of amides is 4. The van der Waals surface area contributed by atoms with E-state index in [1.165, 1.54) is 33.0 Å². The van der Waals surface area contributed by atoms with E-state index >= 15 is 0 Å². The Bertz CT molecular complexity index is 1440. The molecule has 256 valence electrons. The highest BCUT2D eigenvalue weighted by molar-refractivity contribution is 7.98. The summed E-state index contributed by atoms with van der Waals surface area (Å²) in [6.45, 7) is 5.71. The molecule has 0 radical (unpaired) electrons. The van der Waals surface area contributed by atoms with Gasteiger partial charge in [0.2, 0.25) is 11.8 Å². The quantitative estimate of drug-likeness (QED) is 0.115. The summed E-state index contributed by atoms with van der Waals surface area (Å²) >= 11 is 1.71. The zero-order valence-corrected chi connectivity index (χ0v) is 28.8. The van der Waals surface area contributed by atoms with Gasteiger partial charge < -0.3 is 25.6 Å². The number of carbonyl (C=O) groups excluding carboxylic acids is 4. The number of piperidine rings is 1. The lowest BCUT2D eigenvalue weighted by molar-refractivity contribution is -0.138. The molecule has 2 fully saturated rings. The number of aromatic amines is 1. The molecule has 0 atom stereocenters. The van der Waals surface area contributed by atoms with Crippen molar-refractivity contribution in [3.8, 4) is 5.75 Å². The first-order chi connectivity index (χ1) is 22.8. The third-order valence-electron chi connectivity index (χ3n) is 10.3. The van der Waals surface area contributed by atoms with E-state index in [1.54, 1.807) is 11.8 Å². The number of unbranched alkanes of at least 4 members (excludes halogenated alkanes) is 2. The molecule has 1 saturated carbocycles. The van der Waals surface area contributed by atoms with E-state index in [0.717, 1.165) is 94.9 Å². The second-order valence-corrected chi connectivity index (χ2v) is 14.2. The molecule has 2 aliphatic heterocycles. The van der Waals surface area contributed by atoms with Crippen molar-refractivity contribution < 1.29 is 24.3 Å². The minimum atomic E-state index is -0.236. The van der Waals surface area contributed by atoms with Gasteiger partial charge in [-0.1, -0.05) is 13.3 Å². The Hall–Kier alpha value is -3.47. The second-order valence-electron chi connectivity index (χ2n) is 13.4.